The molecular formula is C54H39N5. The molecule has 2 aromatic heterocycles. The van der Waals surface area contributed by atoms with E-state index in [-0.39, 0.29) is 0 Å². The summed E-state index contributed by atoms with van der Waals surface area (Å²) in [6.45, 7) is 0. The molecule has 7 aromatic carbocycles. The van der Waals surface area contributed by atoms with Crippen molar-refractivity contribution in [3.8, 4) is 44.6 Å². The minimum absolute atomic E-state index is 0.478. The van der Waals surface area contributed by atoms with E-state index in [4.69, 9.17) is 15.7 Å². The Hall–Kier alpha value is -7.60. The third-order valence-electron chi connectivity index (χ3n) is 12.0. The van der Waals surface area contributed by atoms with Gasteiger partial charge in [0.1, 0.15) is 12.0 Å². The monoisotopic (exact) mass is 757 g/mol. The SMILES string of the molecule is NC(Nc1ncc(-c2ccccc2)cc1-c1ccccc1)c1ccc(-c2ccc3c(c2)C2(c4ccccc4N(c4ccccc4)c4ccccc42)c2cccnc2-3)cc1. The predicted octanol–water partition coefficient (Wildman–Crippen LogP) is 12.7. The average Bonchev–Trinajstić information content (AvgIpc) is 3.60. The number of nitrogens with zero attached hydrogens (tertiary/aromatic N) is 3. The van der Waals surface area contributed by atoms with E-state index in [2.05, 4.69) is 174 Å². The molecule has 1 aliphatic heterocycles. The molecule has 0 saturated heterocycles. The second-order valence-electron chi connectivity index (χ2n) is 15.2. The average molecular weight is 758 g/mol. The number of pyridine rings is 2. The number of fused-ring (bicyclic) bond motifs is 9. The molecule has 5 nitrogen and oxygen atoms in total. The largest absolute Gasteiger partial charge is 0.350 e. The minimum Gasteiger partial charge on any atom is -0.350 e. The van der Waals surface area contributed by atoms with Gasteiger partial charge in [-0.1, -0.05) is 158 Å². The van der Waals surface area contributed by atoms with Gasteiger partial charge < -0.3 is 16.0 Å². The fourth-order valence-electron chi connectivity index (χ4n) is 9.31. The molecule has 1 aliphatic carbocycles. The highest BCUT2D eigenvalue weighted by Crippen LogP contribution is 2.63. The molecule has 5 heteroatoms. The summed E-state index contributed by atoms with van der Waals surface area (Å²) in [5, 5.41) is 3.54. The van der Waals surface area contributed by atoms with E-state index in [1.54, 1.807) is 0 Å². The first-order valence-corrected chi connectivity index (χ1v) is 20.1. The van der Waals surface area contributed by atoms with Crippen LogP contribution >= 0.6 is 0 Å². The molecule has 0 amide bonds. The number of hydrogen-bond acceptors (Lipinski definition) is 5. The van der Waals surface area contributed by atoms with Crippen LogP contribution in [0.5, 0.6) is 0 Å². The van der Waals surface area contributed by atoms with Crippen molar-refractivity contribution in [1.29, 1.82) is 0 Å². The maximum absolute atomic E-state index is 6.91. The molecule has 0 fully saturated rings. The molecule has 0 saturated carbocycles. The van der Waals surface area contributed by atoms with Crippen molar-refractivity contribution >= 4 is 22.9 Å². The van der Waals surface area contributed by atoms with Gasteiger partial charge in [0.2, 0.25) is 0 Å². The molecule has 59 heavy (non-hydrogen) atoms. The molecule has 9 aromatic rings. The Labute approximate surface area is 344 Å². The second-order valence-corrected chi connectivity index (χ2v) is 15.2. The van der Waals surface area contributed by atoms with Crippen LogP contribution in [0.4, 0.5) is 22.9 Å². The number of benzene rings is 7. The van der Waals surface area contributed by atoms with Crippen LogP contribution in [0.2, 0.25) is 0 Å². The van der Waals surface area contributed by atoms with Crippen LogP contribution in [0.3, 0.4) is 0 Å². The quantitative estimate of drug-likeness (QED) is 0.159. The van der Waals surface area contributed by atoms with Crippen molar-refractivity contribution in [1.82, 2.24) is 9.97 Å². The molecule has 0 radical (unpaired) electrons. The third-order valence-corrected chi connectivity index (χ3v) is 12.0. The smallest absolute Gasteiger partial charge is 0.135 e. The van der Waals surface area contributed by atoms with Crippen molar-refractivity contribution in [3.63, 3.8) is 0 Å². The molecule has 3 N–H and O–H groups in total. The van der Waals surface area contributed by atoms with E-state index >= 15 is 0 Å². The Kier molecular flexibility index (Phi) is 8.28. The molecule has 280 valence electrons. The number of nitrogens with two attached hydrogens (primary N) is 1. The zero-order chi connectivity index (χ0) is 39.3. The fraction of sp³-hybridized carbons (Fsp3) is 0.0370. The Balaban J connectivity index is 0.979. The van der Waals surface area contributed by atoms with Gasteiger partial charge in [0.05, 0.1) is 22.5 Å². The molecule has 1 spiro atoms. The van der Waals surface area contributed by atoms with E-state index in [0.717, 1.165) is 73.1 Å². The van der Waals surface area contributed by atoms with Gasteiger partial charge in [0.25, 0.3) is 0 Å². The Morgan fingerprint density at radius 2 is 1.03 bits per heavy atom. The van der Waals surface area contributed by atoms with Crippen LogP contribution < -0.4 is 16.0 Å². The molecular weight excluding hydrogens is 719 g/mol. The van der Waals surface area contributed by atoms with Gasteiger partial charge in [-0.3, -0.25) is 4.98 Å². The predicted molar refractivity (Wildman–Crippen MR) is 241 cm³/mol. The highest BCUT2D eigenvalue weighted by molar-refractivity contribution is 5.95. The summed E-state index contributed by atoms with van der Waals surface area (Å²) in [6.07, 6.45) is 3.35. The van der Waals surface area contributed by atoms with Crippen molar-refractivity contribution in [2.24, 2.45) is 5.73 Å². The van der Waals surface area contributed by atoms with Crippen LogP contribution in [0.1, 0.15) is 34.0 Å². The van der Waals surface area contributed by atoms with E-state index in [9.17, 15) is 0 Å². The van der Waals surface area contributed by atoms with Crippen LogP contribution in [-0.2, 0) is 5.41 Å². The van der Waals surface area contributed by atoms with E-state index in [0.29, 0.717) is 0 Å². The van der Waals surface area contributed by atoms with Gasteiger partial charge in [0, 0.05) is 34.8 Å². The van der Waals surface area contributed by atoms with Gasteiger partial charge in [-0.25, -0.2) is 4.98 Å². The Bertz CT molecular complexity index is 2930. The van der Waals surface area contributed by atoms with Gasteiger partial charge in [0.15, 0.2) is 0 Å². The Morgan fingerprint density at radius 1 is 0.458 bits per heavy atom. The zero-order valence-corrected chi connectivity index (χ0v) is 32.2. The standard InChI is InChI=1S/C54H39N5/c55-52(58-53-44(38-17-6-2-7-18-38)33-41(35-57-53)36-15-4-1-5-16-36)39-28-26-37(27-29-39)40-30-31-43-48(34-40)54(47-23-14-32-56-51(43)47)45-21-10-12-24-49(45)59(42-19-8-3-9-20-42)50-25-13-11-22-46(50)54/h1-35,52H,55H2,(H,57,58). The Morgan fingerprint density at radius 3 is 1.73 bits per heavy atom. The van der Waals surface area contributed by atoms with E-state index < -0.39 is 11.6 Å². The second kappa shape index (κ2) is 14.1. The van der Waals surface area contributed by atoms with Gasteiger partial charge in [-0.15, -0.1) is 0 Å². The lowest BCUT2D eigenvalue weighted by molar-refractivity contribution is 0.751. The summed E-state index contributed by atoms with van der Waals surface area (Å²) in [7, 11) is 0. The summed E-state index contributed by atoms with van der Waals surface area (Å²) >= 11 is 0. The first-order chi connectivity index (χ1) is 29.2. The number of para-hydroxylation sites is 3. The molecule has 1 atom stereocenters. The lowest BCUT2D eigenvalue weighted by Gasteiger charge is -2.45. The summed E-state index contributed by atoms with van der Waals surface area (Å²) < 4.78 is 0. The minimum atomic E-state index is -0.570. The molecule has 0 bridgehead atoms. The number of hydrogen-bond donors (Lipinski definition) is 2. The lowest BCUT2D eigenvalue weighted by Crippen LogP contribution is -2.36. The molecule has 11 rings (SSSR count). The summed E-state index contributed by atoms with van der Waals surface area (Å²) in [5.41, 5.74) is 24.3. The summed E-state index contributed by atoms with van der Waals surface area (Å²) in [6, 6.07) is 71.1. The van der Waals surface area contributed by atoms with E-state index in [1.165, 1.54) is 22.3 Å². The lowest BCUT2D eigenvalue weighted by atomic mass is 9.64. The maximum atomic E-state index is 6.91. The van der Waals surface area contributed by atoms with Crippen LogP contribution in [0, 0.1) is 0 Å². The summed E-state index contributed by atoms with van der Waals surface area (Å²) in [4.78, 5) is 12.4. The maximum Gasteiger partial charge on any atom is 0.135 e. The first-order valence-electron chi connectivity index (χ1n) is 20.1. The van der Waals surface area contributed by atoms with Crippen molar-refractivity contribution in [2.75, 3.05) is 10.2 Å². The molecule has 3 heterocycles. The van der Waals surface area contributed by atoms with Crippen molar-refractivity contribution < 1.29 is 0 Å². The number of nitrogens with one attached hydrogen (secondary N) is 1. The number of aromatic nitrogens is 2. The topological polar surface area (TPSA) is 67.1 Å². The number of anilines is 4. The van der Waals surface area contributed by atoms with E-state index in [1.807, 2.05) is 48.8 Å². The highest BCUT2D eigenvalue weighted by atomic mass is 15.2. The van der Waals surface area contributed by atoms with Crippen LogP contribution in [-0.4, -0.2) is 9.97 Å². The van der Waals surface area contributed by atoms with Crippen molar-refractivity contribution in [2.45, 2.75) is 11.6 Å². The normalized spacial score (nSPS) is 13.5. The highest BCUT2D eigenvalue weighted by Gasteiger charge is 2.52. The van der Waals surface area contributed by atoms with Crippen molar-refractivity contribution in [3.05, 3.63) is 240 Å². The first kappa shape index (κ1) is 34.6. The van der Waals surface area contributed by atoms with Gasteiger partial charge >= 0.3 is 0 Å². The molecule has 1 unspecified atom stereocenters. The summed E-state index contributed by atoms with van der Waals surface area (Å²) in [5.74, 6) is 0.739. The van der Waals surface area contributed by atoms with Gasteiger partial charge in [-0.05, 0) is 92.5 Å². The molecule has 2 aliphatic rings. The fourth-order valence-corrected chi connectivity index (χ4v) is 9.31. The zero-order valence-electron chi connectivity index (χ0n) is 32.2. The number of rotatable bonds is 7. The van der Waals surface area contributed by atoms with Gasteiger partial charge in [-0.2, -0.15) is 0 Å². The van der Waals surface area contributed by atoms with Crippen LogP contribution in [0.25, 0.3) is 44.6 Å². The van der Waals surface area contributed by atoms with Crippen LogP contribution in [0.15, 0.2) is 213 Å². The third kappa shape index (κ3) is 5.58.